The van der Waals surface area contributed by atoms with Gasteiger partial charge in [0.05, 0.1) is 6.42 Å². The molecule has 0 aliphatic heterocycles. The third-order valence-electron chi connectivity index (χ3n) is 2.36. The molecule has 0 bridgehead atoms. The standard InChI is InChI=1S/C13H13FN4O2/c1-2-7-15-12(19)16-13-18-17-11(20-13)8-9-3-5-10(14)6-4-9/h2-6H,1,7-8H2,(H2,15,16,18,19). The first-order valence-electron chi connectivity index (χ1n) is 5.90. The van der Waals surface area contributed by atoms with Gasteiger partial charge >= 0.3 is 12.0 Å². The fourth-order valence-corrected chi connectivity index (χ4v) is 1.46. The van der Waals surface area contributed by atoms with Gasteiger partial charge in [0.2, 0.25) is 5.89 Å². The number of nitrogens with one attached hydrogen (secondary N) is 2. The minimum Gasteiger partial charge on any atom is -0.407 e. The van der Waals surface area contributed by atoms with Gasteiger partial charge in [-0.25, -0.2) is 9.18 Å². The number of rotatable bonds is 5. The Bertz CT molecular complexity index is 595. The highest BCUT2D eigenvalue weighted by atomic mass is 19.1. The van der Waals surface area contributed by atoms with E-state index in [9.17, 15) is 9.18 Å². The van der Waals surface area contributed by atoms with Crippen LogP contribution in [0.3, 0.4) is 0 Å². The van der Waals surface area contributed by atoms with Crippen LogP contribution in [0.5, 0.6) is 0 Å². The van der Waals surface area contributed by atoms with Gasteiger partial charge in [0.15, 0.2) is 0 Å². The zero-order valence-electron chi connectivity index (χ0n) is 10.6. The molecule has 20 heavy (non-hydrogen) atoms. The SMILES string of the molecule is C=CCNC(=O)Nc1nnc(Cc2ccc(F)cc2)o1. The number of urea groups is 1. The van der Waals surface area contributed by atoms with Crippen LogP contribution >= 0.6 is 0 Å². The van der Waals surface area contributed by atoms with E-state index in [1.807, 2.05) is 0 Å². The maximum absolute atomic E-state index is 12.8. The number of aromatic nitrogens is 2. The summed E-state index contributed by atoms with van der Waals surface area (Å²) in [4.78, 5) is 11.3. The molecule has 0 aliphatic carbocycles. The van der Waals surface area contributed by atoms with Crippen molar-refractivity contribution in [2.24, 2.45) is 0 Å². The number of carbonyl (C=O) groups excluding carboxylic acids is 1. The summed E-state index contributed by atoms with van der Waals surface area (Å²) in [6.45, 7) is 3.81. The Labute approximate surface area is 114 Å². The Balaban J connectivity index is 1.93. The van der Waals surface area contributed by atoms with Crippen LogP contribution in [0.1, 0.15) is 11.5 Å². The van der Waals surface area contributed by atoms with E-state index >= 15 is 0 Å². The highest BCUT2D eigenvalue weighted by molar-refractivity contribution is 5.86. The minimum absolute atomic E-state index is 0.00340. The number of nitrogens with zero attached hydrogens (tertiary/aromatic N) is 2. The van der Waals surface area contributed by atoms with Crippen molar-refractivity contribution in [3.05, 3.63) is 54.2 Å². The molecule has 0 spiro atoms. The molecule has 6 nitrogen and oxygen atoms in total. The second kappa shape index (κ2) is 6.46. The van der Waals surface area contributed by atoms with Crippen molar-refractivity contribution in [3.63, 3.8) is 0 Å². The van der Waals surface area contributed by atoms with Crippen molar-refractivity contribution in [2.75, 3.05) is 11.9 Å². The molecule has 1 aromatic carbocycles. The van der Waals surface area contributed by atoms with E-state index in [2.05, 4.69) is 27.4 Å². The molecule has 2 aromatic rings. The molecule has 2 amide bonds. The van der Waals surface area contributed by atoms with Crippen LogP contribution in [0.15, 0.2) is 41.3 Å². The van der Waals surface area contributed by atoms with Crippen molar-refractivity contribution in [1.29, 1.82) is 0 Å². The molecular formula is C13H13FN4O2. The van der Waals surface area contributed by atoms with Crippen molar-refractivity contribution >= 4 is 12.0 Å². The van der Waals surface area contributed by atoms with Crippen LogP contribution < -0.4 is 10.6 Å². The van der Waals surface area contributed by atoms with Crippen LogP contribution in [0.2, 0.25) is 0 Å². The average Bonchev–Trinajstić information content (AvgIpc) is 2.86. The summed E-state index contributed by atoms with van der Waals surface area (Å²) < 4.78 is 18.0. The van der Waals surface area contributed by atoms with E-state index in [1.54, 1.807) is 18.2 Å². The molecule has 2 rings (SSSR count). The van der Waals surface area contributed by atoms with Gasteiger partial charge in [0.25, 0.3) is 0 Å². The summed E-state index contributed by atoms with van der Waals surface area (Å²) in [5.74, 6) is 0.0242. The molecule has 1 heterocycles. The van der Waals surface area contributed by atoms with Gasteiger partial charge in [-0.15, -0.1) is 11.7 Å². The second-order valence-electron chi connectivity index (χ2n) is 3.93. The maximum Gasteiger partial charge on any atom is 0.323 e. The number of hydrogen-bond donors (Lipinski definition) is 2. The topological polar surface area (TPSA) is 80.0 Å². The zero-order valence-corrected chi connectivity index (χ0v) is 10.6. The molecule has 1 aromatic heterocycles. The van der Waals surface area contributed by atoms with Crippen LogP contribution in [0.4, 0.5) is 15.2 Å². The molecule has 0 radical (unpaired) electrons. The first kappa shape index (κ1) is 13.7. The van der Waals surface area contributed by atoms with Gasteiger partial charge < -0.3 is 9.73 Å². The summed E-state index contributed by atoms with van der Waals surface area (Å²) in [5, 5.41) is 12.4. The third-order valence-corrected chi connectivity index (χ3v) is 2.36. The first-order chi connectivity index (χ1) is 9.67. The van der Waals surface area contributed by atoms with Gasteiger partial charge in [-0.2, -0.15) is 0 Å². The fraction of sp³-hybridized carbons (Fsp3) is 0.154. The Morgan fingerprint density at radius 1 is 1.35 bits per heavy atom. The summed E-state index contributed by atoms with van der Waals surface area (Å²) in [6, 6.07) is 5.51. The predicted octanol–water partition coefficient (Wildman–Crippen LogP) is 2.11. The van der Waals surface area contributed by atoms with Crippen molar-refractivity contribution in [2.45, 2.75) is 6.42 Å². The Hall–Kier alpha value is -2.70. The highest BCUT2D eigenvalue weighted by Crippen LogP contribution is 2.11. The predicted molar refractivity (Wildman–Crippen MR) is 70.7 cm³/mol. The molecule has 2 N–H and O–H groups in total. The maximum atomic E-state index is 12.8. The second-order valence-corrected chi connectivity index (χ2v) is 3.93. The number of halogens is 1. The van der Waals surface area contributed by atoms with E-state index < -0.39 is 6.03 Å². The first-order valence-corrected chi connectivity index (χ1v) is 5.90. The van der Waals surface area contributed by atoms with Crippen molar-refractivity contribution in [1.82, 2.24) is 15.5 Å². The van der Waals surface area contributed by atoms with E-state index in [0.29, 0.717) is 18.9 Å². The monoisotopic (exact) mass is 276 g/mol. The summed E-state index contributed by atoms with van der Waals surface area (Å²) in [5.41, 5.74) is 0.831. The molecule has 0 aliphatic rings. The van der Waals surface area contributed by atoms with Crippen LogP contribution in [-0.4, -0.2) is 22.8 Å². The Morgan fingerprint density at radius 2 is 2.10 bits per heavy atom. The fourth-order valence-electron chi connectivity index (χ4n) is 1.46. The third kappa shape index (κ3) is 3.91. The normalized spacial score (nSPS) is 10.1. The van der Waals surface area contributed by atoms with Crippen LogP contribution in [0.25, 0.3) is 0 Å². The Morgan fingerprint density at radius 3 is 2.80 bits per heavy atom. The summed E-state index contributed by atoms with van der Waals surface area (Å²) in [7, 11) is 0. The molecule has 7 heteroatoms. The molecule has 0 fully saturated rings. The molecular weight excluding hydrogens is 263 g/mol. The quantitative estimate of drug-likeness (QED) is 0.820. The van der Waals surface area contributed by atoms with Gasteiger partial charge in [0, 0.05) is 6.54 Å². The average molecular weight is 276 g/mol. The number of anilines is 1. The lowest BCUT2D eigenvalue weighted by Crippen LogP contribution is -2.28. The number of amides is 2. The molecule has 0 atom stereocenters. The van der Waals surface area contributed by atoms with Crippen LogP contribution in [0, 0.1) is 5.82 Å². The van der Waals surface area contributed by atoms with E-state index in [4.69, 9.17) is 4.42 Å². The number of hydrogen-bond acceptors (Lipinski definition) is 4. The van der Waals surface area contributed by atoms with Gasteiger partial charge in [0.1, 0.15) is 5.82 Å². The van der Waals surface area contributed by atoms with Gasteiger partial charge in [-0.1, -0.05) is 23.3 Å². The van der Waals surface area contributed by atoms with E-state index in [0.717, 1.165) is 5.56 Å². The number of benzene rings is 1. The van der Waals surface area contributed by atoms with Gasteiger partial charge in [-0.3, -0.25) is 5.32 Å². The zero-order chi connectivity index (χ0) is 14.4. The van der Waals surface area contributed by atoms with Crippen molar-refractivity contribution < 1.29 is 13.6 Å². The lowest BCUT2D eigenvalue weighted by atomic mass is 10.1. The highest BCUT2D eigenvalue weighted by Gasteiger charge is 2.09. The largest absolute Gasteiger partial charge is 0.407 e. The molecule has 104 valence electrons. The van der Waals surface area contributed by atoms with Crippen LogP contribution in [-0.2, 0) is 6.42 Å². The van der Waals surface area contributed by atoms with Crippen molar-refractivity contribution in [3.8, 4) is 0 Å². The molecule has 0 saturated heterocycles. The summed E-state index contributed by atoms with van der Waals surface area (Å²) in [6.07, 6.45) is 1.91. The number of carbonyl (C=O) groups is 1. The minimum atomic E-state index is -0.457. The van der Waals surface area contributed by atoms with E-state index in [1.165, 1.54) is 12.1 Å². The molecule has 0 saturated carbocycles. The molecule has 0 unspecified atom stereocenters. The Kier molecular flexibility index (Phi) is 4.43. The van der Waals surface area contributed by atoms with Gasteiger partial charge in [-0.05, 0) is 17.7 Å². The van der Waals surface area contributed by atoms with E-state index in [-0.39, 0.29) is 11.8 Å². The smallest absolute Gasteiger partial charge is 0.323 e. The lowest BCUT2D eigenvalue weighted by Gasteiger charge is -2.00. The summed E-state index contributed by atoms with van der Waals surface area (Å²) >= 11 is 0. The lowest BCUT2D eigenvalue weighted by molar-refractivity contribution is 0.252.